The Kier molecular flexibility index (Phi) is 8.36. The molecule has 2 aromatic carbocycles. The predicted molar refractivity (Wildman–Crippen MR) is 139 cm³/mol. The molecule has 1 aromatic heterocycles. The molecule has 0 saturated carbocycles. The Morgan fingerprint density at radius 2 is 1.75 bits per heavy atom. The van der Waals surface area contributed by atoms with Gasteiger partial charge in [-0.3, -0.25) is 9.59 Å². The van der Waals surface area contributed by atoms with E-state index in [1.54, 1.807) is 7.11 Å². The largest absolute Gasteiger partial charge is 0.493 e. The lowest BCUT2D eigenvalue weighted by molar-refractivity contribution is -0.134. The highest BCUT2D eigenvalue weighted by atomic mass is 16.5. The first-order valence-corrected chi connectivity index (χ1v) is 12.6. The van der Waals surface area contributed by atoms with Crippen molar-refractivity contribution in [1.82, 2.24) is 14.8 Å². The monoisotopic (exact) mass is 493 g/mol. The van der Waals surface area contributed by atoms with Gasteiger partial charge >= 0.3 is 0 Å². The number of carbonyl (C=O) groups is 2. The maximum Gasteiger partial charge on any atom is 0.260 e. The molecule has 1 saturated heterocycles. The third-order valence-corrected chi connectivity index (χ3v) is 6.62. The Morgan fingerprint density at radius 3 is 2.47 bits per heavy atom. The number of amides is 2. The smallest absolute Gasteiger partial charge is 0.260 e. The molecule has 0 radical (unpaired) electrons. The topological polar surface area (TPSA) is 82.0 Å². The highest BCUT2D eigenvalue weighted by Crippen LogP contribution is 2.30. The van der Waals surface area contributed by atoms with Crippen molar-refractivity contribution in [2.75, 3.05) is 40.0 Å². The van der Waals surface area contributed by atoms with Gasteiger partial charge in [0.15, 0.2) is 18.1 Å². The molecule has 8 nitrogen and oxygen atoms in total. The van der Waals surface area contributed by atoms with Crippen LogP contribution < -0.4 is 19.5 Å². The quantitative estimate of drug-likeness (QED) is 0.429. The molecule has 1 aliphatic heterocycles. The van der Waals surface area contributed by atoms with Gasteiger partial charge in [-0.15, -0.1) is 0 Å². The number of rotatable bonds is 10. The number of fused-ring (bicyclic) bond motifs is 1. The Bertz CT molecular complexity index is 1210. The zero-order valence-corrected chi connectivity index (χ0v) is 21.3. The summed E-state index contributed by atoms with van der Waals surface area (Å²) in [6.45, 7) is 6.98. The number of piperidine rings is 1. The Hall–Kier alpha value is -3.68. The predicted octanol–water partition coefficient (Wildman–Crippen LogP) is 4.18. The van der Waals surface area contributed by atoms with Gasteiger partial charge in [0.05, 0.1) is 19.2 Å². The molecule has 0 aliphatic carbocycles. The lowest BCUT2D eigenvalue weighted by Crippen LogP contribution is -2.38. The summed E-state index contributed by atoms with van der Waals surface area (Å²) < 4.78 is 19.0. The number of likely N-dealkylation sites (tertiary alicyclic amines) is 1. The fraction of sp³-hybridized carbons (Fsp3) is 0.429. The van der Waals surface area contributed by atoms with Crippen molar-refractivity contribution in [3.05, 3.63) is 53.7 Å². The molecule has 1 fully saturated rings. The van der Waals surface area contributed by atoms with E-state index in [2.05, 4.69) is 16.8 Å². The Labute approximate surface area is 212 Å². The molecule has 4 rings (SSSR count). The summed E-state index contributed by atoms with van der Waals surface area (Å²) in [5, 5.41) is 3.78. The van der Waals surface area contributed by atoms with Gasteiger partial charge in [-0.2, -0.15) is 0 Å². The number of aromatic nitrogens is 1. The molecule has 2 heterocycles. The first kappa shape index (κ1) is 25.4. The lowest BCUT2D eigenvalue weighted by atomic mass is 10.1. The summed E-state index contributed by atoms with van der Waals surface area (Å²) in [5.41, 5.74) is 2.45. The second kappa shape index (κ2) is 11.8. The number of ether oxygens (including phenoxy) is 3. The van der Waals surface area contributed by atoms with Crippen LogP contribution >= 0.6 is 0 Å². The molecule has 36 heavy (non-hydrogen) atoms. The zero-order valence-electron chi connectivity index (χ0n) is 21.3. The summed E-state index contributed by atoms with van der Waals surface area (Å²) in [4.78, 5) is 27.6. The van der Waals surface area contributed by atoms with Crippen molar-refractivity contribution < 1.29 is 23.8 Å². The number of carbonyl (C=O) groups excluding carboxylic acids is 2. The maximum absolute atomic E-state index is 13.2. The first-order valence-electron chi connectivity index (χ1n) is 12.6. The fourth-order valence-corrected chi connectivity index (χ4v) is 4.78. The van der Waals surface area contributed by atoms with Gasteiger partial charge in [0.1, 0.15) is 12.4 Å². The first-order chi connectivity index (χ1) is 17.5. The summed E-state index contributed by atoms with van der Waals surface area (Å²) in [6.07, 6.45) is 3.26. The van der Waals surface area contributed by atoms with Crippen LogP contribution in [0.5, 0.6) is 17.2 Å². The average molecular weight is 494 g/mol. The van der Waals surface area contributed by atoms with E-state index in [1.807, 2.05) is 54.3 Å². The molecule has 0 unspecified atom stereocenters. The average Bonchev–Trinajstić information content (AvgIpc) is 3.20. The molecule has 2 amide bonds. The molecular weight excluding hydrogens is 458 g/mol. The van der Waals surface area contributed by atoms with E-state index in [-0.39, 0.29) is 18.4 Å². The van der Waals surface area contributed by atoms with Crippen LogP contribution in [0.4, 0.5) is 0 Å². The van der Waals surface area contributed by atoms with Gasteiger partial charge in [-0.25, -0.2) is 0 Å². The third-order valence-electron chi connectivity index (χ3n) is 6.62. The van der Waals surface area contributed by atoms with Gasteiger partial charge in [0.25, 0.3) is 11.8 Å². The summed E-state index contributed by atoms with van der Waals surface area (Å²) in [6, 6.07) is 13.1. The Morgan fingerprint density at radius 1 is 1.00 bits per heavy atom. The van der Waals surface area contributed by atoms with E-state index >= 15 is 0 Å². The number of hydrogen-bond acceptors (Lipinski definition) is 5. The van der Waals surface area contributed by atoms with Gasteiger partial charge < -0.3 is 29.0 Å². The van der Waals surface area contributed by atoms with Crippen LogP contribution in [0.2, 0.25) is 0 Å². The molecular formula is C28H35N3O5. The van der Waals surface area contributed by atoms with E-state index in [1.165, 1.54) is 6.42 Å². The van der Waals surface area contributed by atoms with Crippen LogP contribution in [0.15, 0.2) is 42.5 Å². The fourth-order valence-electron chi connectivity index (χ4n) is 4.78. The number of hydrogen-bond donors (Lipinski definition) is 1. The van der Waals surface area contributed by atoms with Crippen molar-refractivity contribution in [2.24, 2.45) is 0 Å². The standard InChI is InChI=1S/C28H35N3O5/c1-4-31-20(2)27(28(33)29-14-17-35-25-11-7-6-10-24(25)34-3)22-18-21(12-13-23(22)31)36-19-26(32)30-15-8-5-9-16-30/h6-7,10-13,18H,4-5,8-9,14-17,19H2,1-3H3,(H,29,33). The van der Waals surface area contributed by atoms with Gasteiger partial charge in [0.2, 0.25) is 0 Å². The SMILES string of the molecule is CCn1c(C)c(C(=O)NCCOc2ccccc2OC)c2cc(OCC(=O)N3CCCCC3)ccc21. The molecule has 8 heteroatoms. The van der Waals surface area contributed by atoms with Crippen LogP contribution in [0.1, 0.15) is 42.2 Å². The van der Waals surface area contributed by atoms with E-state index in [0.29, 0.717) is 36.0 Å². The van der Waals surface area contributed by atoms with Crippen molar-refractivity contribution >= 4 is 22.7 Å². The minimum Gasteiger partial charge on any atom is -0.493 e. The van der Waals surface area contributed by atoms with Gasteiger partial charge in [-0.05, 0) is 63.4 Å². The van der Waals surface area contributed by atoms with E-state index in [9.17, 15) is 9.59 Å². The van der Waals surface area contributed by atoms with Crippen molar-refractivity contribution in [3.63, 3.8) is 0 Å². The zero-order chi connectivity index (χ0) is 25.5. The lowest BCUT2D eigenvalue weighted by Gasteiger charge is -2.26. The summed E-state index contributed by atoms with van der Waals surface area (Å²) in [7, 11) is 1.60. The number of para-hydroxylation sites is 2. The minimum atomic E-state index is -0.171. The molecule has 3 aromatic rings. The van der Waals surface area contributed by atoms with Crippen LogP contribution in [-0.2, 0) is 11.3 Å². The number of nitrogens with zero attached hydrogens (tertiary/aromatic N) is 2. The molecule has 0 atom stereocenters. The second-order valence-electron chi connectivity index (χ2n) is 8.87. The minimum absolute atomic E-state index is 0.000786. The summed E-state index contributed by atoms with van der Waals surface area (Å²) >= 11 is 0. The highest BCUT2D eigenvalue weighted by molar-refractivity contribution is 6.08. The van der Waals surface area contributed by atoms with E-state index < -0.39 is 0 Å². The van der Waals surface area contributed by atoms with Crippen LogP contribution in [0, 0.1) is 6.92 Å². The number of nitrogens with one attached hydrogen (secondary N) is 1. The van der Waals surface area contributed by atoms with Gasteiger partial charge in [-0.1, -0.05) is 12.1 Å². The van der Waals surface area contributed by atoms with Gasteiger partial charge in [0, 0.05) is 36.2 Å². The van der Waals surface area contributed by atoms with Crippen molar-refractivity contribution in [2.45, 2.75) is 39.7 Å². The normalized spacial score (nSPS) is 13.5. The molecule has 0 bridgehead atoms. The number of methoxy groups -OCH3 is 1. The Balaban J connectivity index is 1.44. The second-order valence-corrected chi connectivity index (χ2v) is 8.87. The van der Waals surface area contributed by atoms with E-state index in [0.717, 1.165) is 49.1 Å². The van der Waals surface area contributed by atoms with Crippen LogP contribution in [0.25, 0.3) is 10.9 Å². The number of benzene rings is 2. The molecule has 0 spiro atoms. The van der Waals surface area contributed by atoms with Crippen LogP contribution in [0.3, 0.4) is 0 Å². The van der Waals surface area contributed by atoms with Crippen LogP contribution in [-0.4, -0.2) is 61.2 Å². The summed E-state index contributed by atoms with van der Waals surface area (Å²) in [5.74, 6) is 1.69. The van der Waals surface area contributed by atoms with Crippen molar-refractivity contribution in [3.8, 4) is 17.2 Å². The third kappa shape index (κ3) is 5.58. The molecule has 1 aliphatic rings. The molecule has 1 N–H and O–H groups in total. The maximum atomic E-state index is 13.2. The highest BCUT2D eigenvalue weighted by Gasteiger charge is 2.21. The number of aryl methyl sites for hydroxylation is 1. The molecule has 192 valence electrons. The van der Waals surface area contributed by atoms with E-state index in [4.69, 9.17) is 14.2 Å². The van der Waals surface area contributed by atoms with Crippen molar-refractivity contribution in [1.29, 1.82) is 0 Å².